The second kappa shape index (κ2) is 9.68. The van der Waals surface area contributed by atoms with Gasteiger partial charge >= 0.3 is 0 Å². The van der Waals surface area contributed by atoms with Crippen molar-refractivity contribution < 1.29 is 23.8 Å². The Morgan fingerprint density at radius 3 is 2.37 bits per heavy atom. The largest absolute Gasteiger partial charge is 0.493 e. The molecule has 0 bridgehead atoms. The van der Waals surface area contributed by atoms with E-state index in [1.807, 2.05) is 6.92 Å². The number of carbonyl (C=O) groups excluding carboxylic acids is 2. The molecule has 8 heteroatoms. The molecule has 2 amide bonds. The molecule has 144 valence electrons. The fraction of sp³-hybridized carbons (Fsp3) is 0.263. The zero-order valence-electron chi connectivity index (χ0n) is 15.3. The summed E-state index contributed by atoms with van der Waals surface area (Å²) in [5.74, 6) is 0.705. The minimum atomic E-state index is -0.353. The van der Waals surface area contributed by atoms with Crippen molar-refractivity contribution in [3.63, 3.8) is 0 Å². The molecule has 0 heterocycles. The van der Waals surface area contributed by atoms with Gasteiger partial charge in [-0.1, -0.05) is 11.6 Å². The molecule has 2 aromatic rings. The Morgan fingerprint density at radius 1 is 1.07 bits per heavy atom. The lowest BCUT2D eigenvalue weighted by Crippen LogP contribution is -2.28. The van der Waals surface area contributed by atoms with E-state index in [2.05, 4.69) is 10.6 Å². The van der Waals surface area contributed by atoms with Gasteiger partial charge in [0.05, 0.1) is 19.2 Å². The predicted molar refractivity (Wildman–Crippen MR) is 103 cm³/mol. The monoisotopic (exact) mass is 392 g/mol. The fourth-order valence-electron chi connectivity index (χ4n) is 2.28. The van der Waals surface area contributed by atoms with Gasteiger partial charge in [0.1, 0.15) is 5.75 Å². The van der Waals surface area contributed by atoms with Gasteiger partial charge in [0.15, 0.2) is 18.1 Å². The summed E-state index contributed by atoms with van der Waals surface area (Å²) < 4.78 is 15.7. The number of ether oxygens (including phenoxy) is 3. The van der Waals surface area contributed by atoms with Crippen LogP contribution in [0, 0.1) is 0 Å². The SMILES string of the molecule is CCNC(=O)COc1ccc(NC(=O)c2cc(Cl)c(OC)c(OC)c2)cc1. The lowest BCUT2D eigenvalue weighted by molar-refractivity contribution is -0.122. The first-order valence-electron chi connectivity index (χ1n) is 8.21. The molecule has 0 fully saturated rings. The van der Waals surface area contributed by atoms with Gasteiger partial charge in [-0.3, -0.25) is 9.59 Å². The Bertz CT molecular complexity index is 808. The maximum absolute atomic E-state index is 12.5. The van der Waals surface area contributed by atoms with Crippen molar-refractivity contribution in [3.8, 4) is 17.2 Å². The number of methoxy groups -OCH3 is 2. The number of anilines is 1. The van der Waals surface area contributed by atoms with Crippen LogP contribution in [0.5, 0.6) is 17.2 Å². The highest BCUT2D eigenvalue weighted by Gasteiger charge is 2.15. The van der Waals surface area contributed by atoms with Gasteiger partial charge in [-0.15, -0.1) is 0 Å². The van der Waals surface area contributed by atoms with Crippen LogP contribution in [0.4, 0.5) is 5.69 Å². The van der Waals surface area contributed by atoms with Gasteiger partial charge in [0.2, 0.25) is 0 Å². The first-order chi connectivity index (χ1) is 13.0. The van der Waals surface area contributed by atoms with Crippen LogP contribution in [-0.2, 0) is 4.79 Å². The lowest BCUT2D eigenvalue weighted by atomic mass is 10.1. The zero-order valence-corrected chi connectivity index (χ0v) is 16.1. The molecule has 0 saturated heterocycles. The summed E-state index contributed by atoms with van der Waals surface area (Å²) in [6, 6.07) is 9.72. The highest BCUT2D eigenvalue weighted by Crippen LogP contribution is 2.36. The zero-order chi connectivity index (χ0) is 19.8. The van der Waals surface area contributed by atoms with Gasteiger partial charge in [-0.25, -0.2) is 0 Å². The summed E-state index contributed by atoms with van der Waals surface area (Å²) in [6.07, 6.45) is 0. The van der Waals surface area contributed by atoms with E-state index in [0.717, 1.165) is 0 Å². The van der Waals surface area contributed by atoms with Crippen molar-refractivity contribution in [2.45, 2.75) is 6.92 Å². The number of likely N-dealkylation sites (N-methyl/N-ethyl adjacent to an activating group) is 1. The van der Waals surface area contributed by atoms with E-state index in [1.165, 1.54) is 20.3 Å². The van der Waals surface area contributed by atoms with E-state index in [0.29, 0.717) is 35.0 Å². The number of nitrogens with one attached hydrogen (secondary N) is 2. The second-order valence-corrected chi connectivity index (χ2v) is 5.82. The van der Waals surface area contributed by atoms with E-state index < -0.39 is 0 Å². The van der Waals surface area contributed by atoms with Crippen LogP contribution >= 0.6 is 11.6 Å². The van der Waals surface area contributed by atoms with E-state index in [-0.39, 0.29) is 23.4 Å². The van der Waals surface area contributed by atoms with Crippen molar-refractivity contribution in [2.24, 2.45) is 0 Å². The van der Waals surface area contributed by atoms with Crippen molar-refractivity contribution in [1.29, 1.82) is 0 Å². The standard InChI is InChI=1S/C19H21ClN2O5/c1-4-21-17(23)11-27-14-7-5-13(6-8-14)22-19(24)12-9-15(20)18(26-3)16(10-12)25-2/h5-10H,4,11H2,1-3H3,(H,21,23)(H,22,24). The molecule has 0 atom stereocenters. The van der Waals surface area contributed by atoms with Crippen molar-refractivity contribution in [3.05, 3.63) is 47.0 Å². The number of rotatable bonds is 8. The van der Waals surface area contributed by atoms with E-state index in [9.17, 15) is 9.59 Å². The van der Waals surface area contributed by atoms with Crippen molar-refractivity contribution >= 4 is 29.1 Å². The number of benzene rings is 2. The molecule has 0 aromatic heterocycles. The molecule has 0 radical (unpaired) electrons. The Balaban J connectivity index is 2.03. The first-order valence-corrected chi connectivity index (χ1v) is 8.58. The molecule has 0 saturated carbocycles. The second-order valence-electron chi connectivity index (χ2n) is 5.41. The number of halogens is 1. The van der Waals surface area contributed by atoms with Crippen LogP contribution in [0.1, 0.15) is 17.3 Å². The van der Waals surface area contributed by atoms with E-state index >= 15 is 0 Å². The van der Waals surface area contributed by atoms with Gasteiger partial charge in [-0.05, 0) is 43.3 Å². The molecule has 27 heavy (non-hydrogen) atoms. The third-order valence-corrected chi connectivity index (χ3v) is 3.83. The highest BCUT2D eigenvalue weighted by atomic mass is 35.5. The smallest absolute Gasteiger partial charge is 0.257 e. The van der Waals surface area contributed by atoms with Gasteiger partial charge < -0.3 is 24.8 Å². The average molecular weight is 393 g/mol. The molecule has 0 spiro atoms. The first kappa shape index (κ1) is 20.4. The molecule has 0 aliphatic rings. The molecule has 2 N–H and O–H groups in total. The molecular formula is C19H21ClN2O5. The van der Waals surface area contributed by atoms with E-state index in [1.54, 1.807) is 30.3 Å². The molecule has 0 aliphatic carbocycles. The van der Waals surface area contributed by atoms with Crippen LogP contribution < -0.4 is 24.8 Å². The Hall–Kier alpha value is -2.93. The predicted octanol–water partition coefficient (Wildman–Crippen LogP) is 3.12. The Labute approximate surface area is 162 Å². The number of hydrogen-bond acceptors (Lipinski definition) is 5. The minimum Gasteiger partial charge on any atom is -0.493 e. The summed E-state index contributed by atoms with van der Waals surface area (Å²) in [7, 11) is 2.94. The number of hydrogen-bond donors (Lipinski definition) is 2. The van der Waals surface area contributed by atoms with Gasteiger partial charge in [0.25, 0.3) is 11.8 Å². The summed E-state index contributed by atoms with van der Waals surface area (Å²) in [4.78, 5) is 23.8. The molecular weight excluding hydrogens is 372 g/mol. The maximum atomic E-state index is 12.5. The van der Waals surface area contributed by atoms with Gasteiger partial charge in [0, 0.05) is 17.8 Å². The molecule has 2 rings (SSSR count). The fourth-order valence-corrected chi connectivity index (χ4v) is 2.57. The Morgan fingerprint density at radius 2 is 1.78 bits per heavy atom. The van der Waals surface area contributed by atoms with Crippen molar-refractivity contribution in [1.82, 2.24) is 5.32 Å². The quantitative estimate of drug-likeness (QED) is 0.720. The Kier molecular flexibility index (Phi) is 7.31. The molecule has 0 unspecified atom stereocenters. The highest BCUT2D eigenvalue weighted by molar-refractivity contribution is 6.32. The lowest BCUT2D eigenvalue weighted by Gasteiger charge is -2.12. The summed E-state index contributed by atoms with van der Waals surface area (Å²) in [5, 5.41) is 5.67. The topological polar surface area (TPSA) is 85.9 Å². The number of carbonyl (C=O) groups is 2. The third-order valence-electron chi connectivity index (χ3n) is 3.55. The van der Waals surface area contributed by atoms with Crippen LogP contribution in [0.25, 0.3) is 0 Å². The minimum absolute atomic E-state index is 0.0658. The third kappa shape index (κ3) is 5.52. The van der Waals surface area contributed by atoms with Gasteiger partial charge in [-0.2, -0.15) is 0 Å². The van der Waals surface area contributed by atoms with Crippen LogP contribution in [0.3, 0.4) is 0 Å². The normalized spacial score (nSPS) is 10.1. The van der Waals surface area contributed by atoms with Crippen molar-refractivity contribution in [2.75, 3.05) is 32.7 Å². The average Bonchev–Trinajstić information content (AvgIpc) is 2.66. The summed E-state index contributed by atoms with van der Waals surface area (Å²) in [5.41, 5.74) is 0.894. The molecule has 0 aliphatic heterocycles. The maximum Gasteiger partial charge on any atom is 0.257 e. The van der Waals surface area contributed by atoms with Crippen LogP contribution in [-0.4, -0.2) is 39.2 Å². The molecule has 2 aromatic carbocycles. The van der Waals surface area contributed by atoms with E-state index in [4.69, 9.17) is 25.8 Å². The molecule has 7 nitrogen and oxygen atoms in total. The van der Waals surface area contributed by atoms with Crippen LogP contribution in [0.2, 0.25) is 5.02 Å². The summed E-state index contributed by atoms with van der Waals surface area (Å²) in [6.45, 7) is 2.32. The number of amides is 2. The summed E-state index contributed by atoms with van der Waals surface area (Å²) >= 11 is 6.13. The van der Waals surface area contributed by atoms with Crippen LogP contribution in [0.15, 0.2) is 36.4 Å².